The lowest BCUT2D eigenvalue weighted by molar-refractivity contribution is 0.175. The van der Waals surface area contributed by atoms with Gasteiger partial charge in [0, 0.05) is 37.9 Å². The van der Waals surface area contributed by atoms with E-state index < -0.39 is 0 Å². The van der Waals surface area contributed by atoms with Gasteiger partial charge in [0.05, 0.1) is 13.7 Å². The summed E-state index contributed by atoms with van der Waals surface area (Å²) in [4.78, 5) is 13.7. The third kappa shape index (κ3) is 3.86. The second kappa shape index (κ2) is 6.43. The number of amides is 2. The van der Waals surface area contributed by atoms with Crippen molar-refractivity contribution in [3.63, 3.8) is 0 Å². The molecule has 0 radical (unpaired) electrons. The Balaban J connectivity index is 1.88. The van der Waals surface area contributed by atoms with Crippen molar-refractivity contribution in [2.45, 2.75) is 6.42 Å². The molecule has 5 nitrogen and oxygen atoms in total. The summed E-state index contributed by atoms with van der Waals surface area (Å²) in [7, 11) is 3.40. The number of hydrogen-bond donors (Lipinski definition) is 1. The third-order valence-electron chi connectivity index (χ3n) is 3.22. The van der Waals surface area contributed by atoms with Gasteiger partial charge in [-0.3, -0.25) is 0 Å². The van der Waals surface area contributed by atoms with Crippen molar-refractivity contribution in [2.75, 3.05) is 39.2 Å². The molecule has 1 aliphatic heterocycles. The largest absolute Gasteiger partial charge is 0.497 e. The highest BCUT2D eigenvalue weighted by Gasteiger charge is 2.20. The topological polar surface area (TPSA) is 50.8 Å². The minimum atomic E-state index is -0.111. The highest BCUT2D eigenvalue weighted by atomic mass is 16.5. The van der Waals surface area contributed by atoms with E-state index in [1.54, 1.807) is 25.1 Å². The maximum Gasteiger partial charge on any atom is 0.321 e. The van der Waals surface area contributed by atoms with Gasteiger partial charge in [-0.15, -0.1) is 0 Å². The van der Waals surface area contributed by atoms with Gasteiger partial charge >= 0.3 is 6.03 Å². The van der Waals surface area contributed by atoms with Crippen LogP contribution < -0.4 is 10.1 Å². The molecule has 104 valence electrons. The summed E-state index contributed by atoms with van der Waals surface area (Å²) >= 11 is 0. The van der Waals surface area contributed by atoms with Crippen molar-refractivity contribution in [3.05, 3.63) is 24.3 Å². The van der Waals surface area contributed by atoms with Crippen molar-refractivity contribution in [2.24, 2.45) is 5.92 Å². The Morgan fingerprint density at radius 2 is 2.42 bits per heavy atom. The number of benzene rings is 1. The van der Waals surface area contributed by atoms with E-state index in [0.717, 1.165) is 37.6 Å². The molecule has 1 N–H and O–H groups in total. The number of carbonyl (C=O) groups is 1. The minimum absolute atomic E-state index is 0.111. The monoisotopic (exact) mass is 264 g/mol. The molecule has 5 heteroatoms. The fourth-order valence-corrected chi connectivity index (χ4v) is 2.12. The van der Waals surface area contributed by atoms with E-state index in [9.17, 15) is 4.79 Å². The van der Waals surface area contributed by atoms with Crippen LogP contribution in [0.2, 0.25) is 0 Å². The Morgan fingerprint density at radius 1 is 1.58 bits per heavy atom. The Kier molecular flexibility index (Phi) is 4.63. The molecule has 19 heavy (non-hydrogen) atoms. The van der Waals surface area contributed by atoms with Crippen LogP contribution in [0.5, 0.6) is 5.75 Å². The molecule has 1 fully saturated rings. The van der Waals surface area contributed by atoms with Crippen molar-refractivity contribution in [1.82, 2.24) is 4.90 Å². The number of nitrogens with zero attached hydrogens (tertiary/aromatic N) is 1. The van der Waals surface area contributed by atoms with Gasteiger partial charge in [0.1, 0.15) is 5.75 Å². The van der Waals surface area contributed by atoms with E-state index in [1.165, 1.54) is 0 Å². The van der Waals surface area contributed by atoms with Crippen molar-refractivity contribution < 1.29 is 14.3 Å². The number of ether oxygens (including phenoxy) is 2. The molecular formula is C14H20N2O3. The van der Waals surface area contributed by atoms with E-state index in [1.807, 2.05) is 18.2 Å². The summed E-state index contributed by atoms with van der Waals surface area (Å²) in [5.74, 6) is 1.17. The normalized spacial score (nSPS) is 18.1. The van der Waals surface area contributed by atoms with Crippen LogP contribution in [-0.2, 0) is 4.74 Å². The maximum absolute atomic E-state index is 12.0. The van der Waals surface area contributed by atoms with Crippen molar-refractivity contribution >= 4 is 11.7 Å². The van der Waals surface area contributed by atoms with Gasteiger partial charge in [-0.05, 0) is 18.6 Å². The molecule has 1 aliphatic rings. The number of anilines is 1. The molecule has 0 spiro atoms. The molecule has 1 atom stereocenters. The molecule has 0 aliphatic carbocycles. The Labute approximate surface area is 113 Å². The predicted octanol–water partition coefficient (Wildman–Crippen LogP) is 2.20. The predicted molar refractivity (Wildman–Crippen MR) is 73.6 cm³/mol. The summed E-state index contributed by atoms with van der Waals surface area (Å²) in [6, 6.07) is 7.21. The van der Waals surface area contributed by atoms with Crippen LogP contribution >= 0.6 is 0 Å². The number of carbonyl (C=O) groups excluding carboxylic acids is 1. The van der Waals surface area contributed by atoms with Crippen molar-refractivity contribution in [1.29, 1.82) is 0 Å². The maximum atomic E-state index is 12.0. The van der Waals surface area contributed by atoms with E-state index in [0.29, 0.717) is 5.92 Å². The summed E-state index contributed by atoms with van der Waals surface area (Å²) in [6.45, 7) is 2.27. The van der Waals surface area contributed by atoms with Gasteiger partial charge < -0.3 is 19.7 Å². The Hall–Kier alpha value is -1.75. The zero-order valence-corrected chi connectivity index (χ0v) is 11.4. The van der Waals surface area contributed by atoms with E-state index in [4.69, 9.17) is 9.47 Å². The van der Waals surface area contributed by atoms with E-state index in [-0.39, 0.29) is 6.03 Å². The van der Waals surface area contributed by atoms with Gasteiger partial charge in [0.15, 0.2) is 0 Å². The standard InChI is InChI=1S/C14H20N2O3/c1-16(9-11-6-7-19-10-11)14(17)15-12-4-3-5-13(8-12)18-2/h3-5,8,11H,6-7,9-10H2,1-2H3,(H,15,17)/t11-/m1/s1. The summed E-state index contributed by atoms with van der Waals surface area (Å²) in [6.07, 6.45) is 1.02. The molecule has 0 unspecified atom stereocenters. The fourth-order valence-electron chi connectivity index (χ4n) is 2.12. The van der Waals surface area contributed by atoms with Crippen LogP contribution in [0.4, 0.5) is 10.5 Å². The van der Waals surface area contributed by atoms with Crippen LogP contribution in [0.25, 0.3) is 0 Å². The van der Waals surface area contributed by atoms with Gasteiger partial charge in [0.25, 0.3) is 0 Å². The first-order valence-electron chi connectivity index (χ1n) is 6.43. The van der Waals surface area contributed by atoms with Gasteiger partial charge in [-0.2, -0.15) is 0 Å². The molecule has 2 amide bonds. The zero-order valence-electron chi connectivity index (χ0n) is 11.4. The SMILES string of the molecule is COc1cccc(NC(=O)N(C)C[C@H]2CCOC2)c1. The summed E-state index contributed by atoms with van der Waals surface area (Å²) < 4.78 is 10.4. The smallest absolute Gasteiger partial charge is 0.321 e. The number of urea groups is 1. The first kappa shape index (κ1) is 13.7. The van der Waals surface area contributed by atoms with Crippen LogP contribution in [0.1, 0.15) is 6.42 Å². The molecule has 1 aromatic carbocycles. The highest BCUT2D eigenvalue weighted by Crippen LogP contribution is 2.18. The van der Waals surface area contributed by atoms with Crippen LogP contribution in [0, 0.1) is 5.92 Å². The molecule has 0 aromatic heterocycles. The molecule has 1 aromatic rings. The molecule has 1 heterocycles. The third-order valence-corrected chi connectivity index (χ3v) is 3.22. The zero-order chi connectivity index (χ0) is 13.7. The Bertz CT molecular complexity index is 430. The average molecular weight is 264 g/mol. The first-order valence-corrected chi connectivity index (χ1v) is 6.43. The summed E-state index contributed by atoms with van der Waals surface area (Å²) in [5.41, 5.74) is 0.735. The average Bonchev–Trinajstić information content (AvgIpc) is 2.91. The number of rotatable bonds is 4. The van der Waals surface area contributed by atoms with E-state index >= 15 is 0 Å². The fraction of sp³-hybridized carbons (Fsp3) is 0.500. The lowest BCUT2D eigenvalue weighted by Gasteiger charge is -2.21. The van der Waals surface area contributed by atoms with Gasteiger partial charge in [0.2, 0.25) is 0 Å². The minimum Gasteiger partial charge on any atom is -0.497 e. The molecule has 2 rings (SSSR count). The second-order valence-electron chi connectivity index (χ2n) is 4.77. The molecular weight excluding hydrogens is 244 g/mol. The van der Waals surface area contributed by atoms with Crippen LogP contribution in [-0.4, -0.2) is 44.8 Å². The quantitative estimate of drug-likeness (QED) is 0.907. The van der Waals surface area contributed by atoms with Crippen molar-refractivity contribution in [3.8, 4) is 5.75 Å². The Morgan fingerprint density at radius 3 is 3.11 bits per heavy atom. The second-order valence-corrected chi connectivity index (χ2v) is 4.77. The lowest BCUT2D eigenvalue weighted by atomic mass is 10.1. The van der Waals surface area contributed by atoms with Crippen LogP contribution in [0.15, 0.2) is 24.3 Å². The number of hydrogen-bond acceptors (Lipinski definition) is 3. The molecule has 0 bridgehead atoms. The van der Waals surface area contributed by atoms with Gasteiger partial charge in [-0.1, -0.05) is 6.07 Å². The van der Waals surface area contributed by atoms with Gasteiger partial charge in [-0.25, -0.2) is 4.79 Å². The number of methoxy groups -OCH3 is 1. The lowest BCUT2D eigenvalue weighted by Crippen LogP contribution is -2.35. The highest BCUT2D eigenvalue weighted by molar-refractivity contribution is 5.89. The van der Waals surface area contributed by atoms with E-state index in [2.05, 4.69) is 5.32 Å². The number of nitrogens with one attached hydrogen (secondary N) is 1. The molecule has 1 saturated heterocycles. The first-order chi connectivity index (χ1) is 9.19. The molecule has 0 saturated carbocycles. The summed E-state index contributed by atoms with van der Waals surface area (Å²) in [5, 5.41) is 2.86. The van der Waals surface area contributed by atoms with Crippen LogP contribution in [0.3, 0.4) is 0 Å².